The monoisotopic (exact) mass is 748 g/mol. The van der Waals surface area contributed by atoms with Crippen LogP contribution in [0.5, 0.6) is 0 Å². The molecule has 4 aromatic carbocycles. The number of pyridine rings is 2. The summed E-state index contributed by atoms with van der Waals surface area (Å²) in [6, 6.07) is 34.8. The predicted octanol–water partition coefficient (Wildman–Crippen LogP) is 12.6. The number of fused-ring (bicyclic) bond motifs is 17. The number of hydrogen-bond donors (Lipinski definition) is 0. The number of hydrogen-bond acceptors (Lipinski definition) is 2. The van der Waals surface area contributed by atoms with Gasteiger partial charge in [-0.25, -0.2) is 0 Å². The fraction of sp³-hybridized carbons (Fsp3) is 0.269. The lowest BCUT2D eigenvalue weighted by molar-refractivity contribution is -0.837. The Morgan fingerprint density at radius 1 is 0.821 bits per heavy atom. The minimum atomic E-state index is -0.272. The number of nitrogens with zero attached hydrogens (tertiary/aromatic N) is 2. The first-order valence-electron chi connectivity index (χ1n) is 20.2. The molecule has 0 radical (unpaired) electrons. The molecule has 1 fully saturated rings. The van der Waals surface area contributed by atoms with Crippen LogP contribution in [0.25, 0.3) is 65.7 Å². The van der Waals surface area contributed by atoms with E-state index in [0.717, 1.165) is 24.0 Å². The fourth-order valence-corrected chi connectivity index (χ4v) is 12.5. The number of furan rings is 1. The summed E-state index contributed by atoms with van der Waals surface area (Å²) in [5, 5.41) is 3.65. The van der Waals surface area contributed by atoms with Gasteiger partial charge in [0, 0.05) is 55.9 Å². The Bertz CT molecular complexity index is 2990. The van der Waals surface area contributed by atoms with E-state index in [-0.39, 0.29) is 28.8 Å². The van der Waals surface area contributed by atoms with Crippen molar-refractivity contribution in [2.24, 2.45) is 11.3 Å². The predicted molar refractivity (Wildman–Crippen MR) is 231 cm³/mol. The molecule has 2 aliphatic heterocycles. The van der Waals surface area contributed by atoms with Crippen molar-refractivity contribution < 1.29 is 13.6 Å². The normalized spacial score (nSPS) is 20.7. The van der Waals surface area contributed by atoms with Crippen molar-refractivity contribution >= 4 is 43.4 Å². The third-order valence-corrected chi connectivity index (χ3v) is 14.9. The standard InChI is InChI=1S/C52H48N2OS/c1-9-40-48-47(36-18-11-10-17-35(36)41-19-12-13-24-53(41)48)52(40)27-33-20-21-37-38-22-23-43-45(31(4)32(5)56-43)49(38)55-50(37)46(33)42-25-39(44-29(2)15-14-16-30(44)3)34(28-54(42)52)26-51(6,7)8/h9-25,28,40,47-48H,1,26-27H2,2-8H3/q+2. The lowest BCUT2D eigenvalue weighted by Gasteiger charge is -2.56. The Kier molecular flexibility index (Phi) is 7.05. The van der Waals surface area contributed by atoms with Gasteiger partial charge in [-0.3, -0.25) is 0 Å². The molecule has 0 saturated heterocycles. The van der Waals surface area contributed by atoms with Gasteiger partial charge in [0.15, 0.2) is 24.0 Å². The minimum Gasteiger partial charge on any atom is -0.454 e. The molecule has 3 aliphatic rings. The topological polar surface area (TPSA) is 20.9 Å². The van der Waals surface area contributed by atoms with Crippen LogP contribution in [0.4, 0.5) is 0 Å². The van der Waals surface area contributed by atoms with Crippen molar-refractivity contribution in [2.75, 3.05) is 0 Å². The van der Waals surface area contributed by atoms with Crippen LogP contribution in [0.15, 0.2) is 120 Å². The molecule has 1 spiro atoms. The van der Waals surface area contributed by atoms with E-state index in [1.807, 2.05) is 11.3 Å². The highest BCUT2D eigenvalue weighted by molar-refractivity contribution is 7.19. The van der Waals surface area contributed by atoms with Crippen molar-refractivity contribution in [1.82, 2.24) is 0 Å². The summed E-state index contributed by atoms with van der Waals surface area (Å²) in [5.74, 6) is 0.439. The molecule has 1 aliphatic carbocycles. The van der Waals surface area contributed by atoms with Crippen molar-refractivity contribution in [3.63, 3.8) is 0 Å². The van der Waals surface area contributed by atoms with Gasteiger partial charge in [0.1, 0.15) is 23.0 Å². The Morgan fingerprint density at radius 3 is 2.36 bits per heavy atom. The minimum absolute atomic E-state index is 0.0833. The maximum absolute atomic E-state index is 7.27. The number of allylic oxidation sites excluding steroid dienone is 1. The van der Waals surface area contributed by atoms with E-state index in [1.165, 1.54) is 92.8 Å². The zero-order valence-corrected chi connectivity index (χ0v) is 34.3. The fourth-order valence-electron chi connectivity index (χ4n) is 11.4. The Morgan fingerprint density at radius 2 is 1.57 bits per heavy atom. The van der Waals surface area contributed by atoms with Gasteiger partial charge in [-0.1, -0.05) is 75.4 Å². The van der Waals surface area contributed by atoms with Crippen molar-refractivity contribution in [3.05, 3.63) is 154 Å². The highest BCUT2D eigenvalue weighted by atomic mass is 32.1. The molecular formula is C52H48N2OS+2. The summed E-state index contributed by atoms with van der Waals surface area (Å²) in [5.41, 5.74) is 17.8. The quantitative estimate of drug-likeness (QED) is 0.130. The van der Waals surface area contributed by atoms with E-state index in [4.69, 9.17) is 4.42 Å². The van der Waals surface area contributed by atoms with Gasteiger partial charge in [-0.2, -0.15) is 9.13 Å². The summed E-state index contributed by atoms with van der Waals surface area (Å²) < 4.78 is 13.9. The third-order valence-electron chi connectivity index (χ3n) is 13.7. The van der Waals surface area contributed by atoms with E-state index in [2.05, 4.69) is 174 Å². The number of aromatic nitrogens is 2. The van der Waals surface area contributed by atoms with Crippen molar-refractivity contribution in [3.8, 4) is 33.6 Å². The van der Waals surface area contributed by atoms with Gasteiger partial charge >= 0.3 is 0 Å². The molecule has 56 heavy (non-hydrogen) atoms. The maximum Gasteiger partial charge on any atom is 0.217 e. The summed E-state index contributed by atoms with van der Waals surface area (Å²) in [6.45, 7) is 20.8. The third kappa shape index (κ3) is 4.40. The van der Waals surface area contributed by atoms with Gasteiger partial charge in [0.2, 0.25) is 11.4 Å². The number of rotatable bonds is 3. The smallest absolute Gasteiger partial charge is 0.217 e. The molecular weight excluding hydrogens is 701 g/mol. The van der Waals surface area contributed by atoms with Crippen LogP contribution in [-0.2, 0) is 18.4 Å². The van der Waals surface area contributed by atoms with Gasteiger partial charge < -0.3 is 4.42 Å². The molecule has 4 heteroatoms. The Labute approximate surface area is 333 Å². The first-order valence-corrected chi connectivity index (χ1v) is 21.1. The highest BCUT2D eigenvalue weighted by Gasteiger charge is 2.76. The molecule has 6 heterocycles. The molecule has 8 aromatic rings. The van der Waals surface area contributed by atoms with Crippen LogP contribution < -0.4 is 9.13 Å². The largest absolute Gasteiger partial charge is 0.454 e. The van der Waals surface area contributed by atoms with Crippen molar-refractivity contribution in [1.29, 1.82) is 0 Å². The second-order valence-corrected chi connectivity index (χ2v) is 19.4. The molecule has 4 unspecified atom stereocenters. The van der Waals surface area contributed by atoms with E-state index in [1.54, 1.807) is 0 Å². The molecule has 4 aromatic heterocycles. The number of benzene rings is 4. The van der Waals surface area contributed by atoms with Gasteiger partial charge in [-0.15, -0.1) is 17.9 Å². The first kappa shape index (κ1) is 34.0. The number of aryl methyl sites for hydroxylation is 4. The Balaban J connectivity index is 1.27. The van der Waals surface area contributed by atoms with Crippen LogP contribution >= 0.6 is 11.3 Å². The zero-order valence-electron chi connectivity index (χ0n) is 33.5. The summed E-state index contributed by atoms with van der Waals surface area (Å²) >= 11 is 1.87. The van der Waals surface area contributed by atoms with Crippen molar-refractivity contribution in [2.45, 2.75) is 78.8 Å². The summed E-state index contributed by atoms with van der Waals surface area (Å²) in [4.78, 5) is 1.35. The van der Waals surface area contributed by atoms with Gasteiger partial charge in [-0.05, 0) is 103 Å². The Hall–Kier alpha value is -5.32. The van der Waals surface area contributed by atoms with Gasteiger partial charge in [0.25, 0.3) is 0 Å². The summed E-state index contributed by atoms with van der Waals surface area (Å²) in [6.07, 6.45) is 9.02. The lowest BCUT2D eigenvalue weighted by atomic mass is 9.48. The molecule has 0 N–H and O–H groups in total. The van der Waals surface area contributed by atoms with E-state index >= 15 is 0 Å². The number of thiophene rings is 1. The molecule has 0 amide bonds. The highest BCUT2D eigenvalue weighted by Crippen LogP contribution is 2.65. The first-order chi connectivity index (χ1) is 27.0. The van der Waals surface area contributed by atoms with Crippen LogP contribution in [0.1, 0.15) is 71.0 Å². The second-order valence-electron chi connectivity index (χ2n) is 18.1. The SMILES string of the molecule is C=CC1C2C(c3ccccc3-c3cccc[n+]32)C12Cc1ccc3c(oc4c3ccc3sc(C)c(C)c34)c1-c1cc(-c3c(C)cccc3C)c(CC(C)(C)C)c[n+]12. The van der Waals surface area contributed by atoms with Crippen LogP contribution in [0.3, 0.4) is 0 Å². The molecule has 0 bridgehead atoms. The molecule has 3 nitrogen and oxygen atoms in total. The van der Waals surface area contributed by atoms with E-state index in [9.17, 15) is 0 Å². The summed E-state index contributed by atoms with van der Waals surface area (Å²) in [7, 11) is 0. The average Bonchev–Trinajstić information content (AvgIpc) is 3.69. The van der Waals surface area contributed by atoms with E-state index < -0.39 is 0 Å². The second kappa shape index (κ2) is 11.6. The molecule has 4 atom stereocenters. The van der Waals surface area contributed by atoms with Crippen LogP contribution in [0.2, 0.25) is 0 Å². The molecule has 1 saturated carbocycles. The van der Waals surface area contributed by atoms with Crippen LogP contribution in [-0.4, -0.2) is 0 Å². The molecule has 11 rings (SSSR count). The molecule has 276 valence electrons. The van der Waals surface area contributed by atoms with Crippen LogP contribution in [0, 0.1) is 39.0 Å². The average molecular weight is 749 g/mol. The lowest BCUT2D eigenvalue weighted by Crippen LogP contribution is -2.80. The maximum atomic E-state index is 7.27. The van der Waals surface area contributed by atoms with Gasteiger partial charge in [0.05, 0.1) is 11.1 Å². The van der Waals surface area contributed by atoms with E-state index in [0.29, 0.717) is 0 Å². The zero-order chi connectivity index (χ0) is 38.4.